The van der Waals surface area contributed by atoms with Crippen LogP contribution >= 0.6 is 11.6 Å². The van der Waals surface area contributed by atoms with Crippen molar-refractivity contribution >= 4 is 17.4 Å². The second kappa shape index (κ2) is 6.06. The van der Waals surface area contributed by atoms with Gasteiger partial charge in [0.15, 0.2) is 0 Å². The molecule has 2 fully saturated rings. The minimum atomic E-state index is 0.313. The fraction of sp³-hybridized carbons (Fsp3) is 0.714. The molecule has 4 nitrogen and oxygen atoms in total. The summed E-state index contributed by atoms with van der Waals surface area (Å²) in [5.74, 6) is 1.58. The molecule has 0 spiro atoms. The van der Waals surface area contributed by atoms with Crippen LogP contribution in [0.1, 0.15) is 32.1 Å². The second-order valence-electron chi connectivity index (χ2n) is 5.59. The molecule has 0 saturated carbocycles. The maximum absolute atomic E-state index is 5.81. The molecule has 104 valence electrons. The van der Waals surface area contributed by atoms with E-state index in [-0.39, 0.29) is 0 Å². The number of nitrogens with zero attached hydrogens (tertiary/aromatic N) is 3. The number of rotatable bonds is 3. The van der Waals surface area contributed by atoms with Crippen LogP contribution in [0.15, 0.2) is 12.3 Å². The van der Waals surface area contributed by atoms with Crippen LogP contribution in [0.4, 0.5) is 5.82 Å². The Morgan fingerprint density at radius 3 is 3.05 bits per heavy atom. The number of nitrogens with one attached hydrogen (secondary N) is 1. The lowest BCUT2D eigenvalue weighted by molar-refractivity contribution is 0.0649. The van der Waals surface area contributed by atoms with E-state index >= 15 is 0 Å². The summed E-state index contributed by atoms with van der Waals surface area (Å²) in [4.78, 5) is 10.8. The lowest BCUT2D eigenvalue weighted by Gasteiger charge is -2.44. The molecule has 0 bridgehead atoms. The van der Waals surface area contributed by atoms with E-state index in [9.17, 15) is 0 Å². The van der Waals surface area contributed by atoms with E-state index in [1.165, 1.54) is 45.2 Å². The van der Waals surface area contributed by atoms with Crippen LogP contribution in [0.3, 0.4) is 0 Å². The molecule has 0 aliphatic carbocycles. The number of halogens is 1. The lowest BCUT2D eigenvalue weighted by atomic mass is 9.83. The first-order valence-corrected chi connectivity index (χ1v) is 7.67. The Morgan fingerprint density at radius 1 is 1.26 bits per heavy atom. The highest BCUT2D eigenvalue weighted by molar-refractivity contribution is 6.28. The fourth-order valence-electron chi connectivity index (χ4n) is 3.48. The summed E-state index contributed by atoms with van der Waals surface area (Å²) in [6.45, 7) is 3.58. The zero-order valence-electron chi connectivity index (χ0n) is 11.2. The molecule has 0 aromatic carbocycles. The van der Waals surface area contributed by atoms with Crippen LogP contribution in [0.2, 0.25) is 5.28 Å². The molecule has 2 aliphatic heterocycles. The zero-order valence-corrected chi connectivity index (χ0v) is 11.9. The normalized spacial score (nSPS) is 27.8. The second-order valence-corrected chi connectivity index (χ2v) is 5.93. The van der Waals surface area contributed by atoms with Gasteiger partial charge in [0.1, 0.15) is 5.82 Å². The van der Waals surface area contributed by atoms with Gasteiger partial charge in [0, 0.05) is 18.8 Å². The van der Waals surface area contributed by atoms with E-state index in [0.717, 1.165) is 24.3 Å². The van der Waals surface area contributed by atoms with Gasteiger partial charge in [-0.15, -0.1) is 0 Å². The van der Waals surface area contributed by atoms with Gasteiger partial charge in [-0.1, -0.05) is 6.42 Å². The third-order valence-electron chi connectivity index (χ3n) is 4.40. The van der Waals surface area contributed by atoms with Crippen LogP contribution in [-0.2, 0) is 0 Å². The van der Waals surface area contributed by atoms with Crippen LogP contribution < -0.4 is 5.32 Å². The van der Waals surface area contributed by atoms with Crippen molar-refractivity contribution in [2.24, 2.45) is 5.92 Å². The van der Waals surface area contributed by atoms with Crippen LogP contribution in [0.25, 0.3) is 0 Å². The number of fused-ring (bicyclic) bond motifs is 1. The van der Waals surface area contributed by atoms with Crippen LogP contribution in [-0.4, -0.2) is 40.5 Å². The maximum Gasteiger partial charge on any atom is 0.224 e. The first kappa shape index (κ1) is 13.1. The van der Waals surface area contributed by atoms with Crippen molar-refractivity contribution in [3.05, 3.63) is 17.5 Å². The Balaban J connectivity index is 1.59. The Bertz CT molecular complexity index is 424. The Hall–Kier alpha value is -0.870. The van der Waals surface area contributed by atoms with E-state index in [4.69, 9.17) is 11.6 Å². The monoisotopic (exact) mass is 280 g/mol. The van der Waals surface area contributed by atoms with Gasteiger partial charge in [-0.25, -0.2) is 9.97 Å². The predicted molar refractivity (Wildman–Crippen MR) is 77.5 cm³/mol. The molecule has 2 aliphatic rings. The standard InChI is InChI=1S/C14H21ClN4/c15-14-16-7-6-13(18-14)17-10-11-4-3-9-19-8-2-1-5-12(11)19/h6-7,11-12H,1-5,8-10H2,(H,16,17,18)/t11-,12+/m0/s1. The molecule has 1 aromatic heterocycles. The molecule has 5 heteroatoms. The van der Waals surface area contributed by atoms with E-state index < -0.39 is 0 Å². The Morgan fingerprint density at radius 2 is 2.16 bits per heavy atom. The largest absolute Gasteiger partial charge is 0.370 e. The van der Waals surface area contributed by atoms with Crippen molar-refractivity contribution in [3.8, 4) is 0 Å². The highest BCUT2D eigenvalue weighted by Gasteiger charge is 2.32. The van der Waals surface area contributed by atoms with Crippen molar-refractivity contribution in [2.75, 3.05) is 25.0 Å². The van der Waals surface area contributed by atoms with Gasteiger partial charge < -0.3 is 10.2 Å². The molecule has 0 unspecified atom stereocenters. The Kier molecular flexibility index (Phi) is 4.18. The maximum atomic E-state index is 5.81. The van der Waals surface area contributed by atoms with Crippen molar-refractivity contribution in [1.82, 2.24) is 14.9 Å². The molecule has 19 heavy (non-hydrogen) atoms. The van der Waals surface area contributed by atoms with E-state index in [0.29, 0.717) is 5.28 Å². The summed E-state index contributed by atoms with van der Waals surface area (Å²) in [5.41, 5.74) is 0. The number of piperidine rings is 2. The molecule has 3 heterocycles. The number of hydrogen-bond donors (Lipinski definition) is 1. The molecule has 1 N–H and O–H groups in total. The molecule has 2 saturated heterocycles. The van der Waals surface area contributed by atoms with Crippen LogP contribution in [0, 0.1) is 5.92 Å². The summed E-state index contributed by atoms with van der Waals surface area (Å²) in [5, 5.41) is 3.74. The molecule has 1 aromatic rings. The molecular formula is C14H21ClN4. The minimum Gasteiger partial charge on any atom is -0.370 e. The molecule has 0 radical (unpaired) electrons. The highest BCUT2D eigenvalue weighted by atomic mass is 35.5. The quantitative estimate of drug-likeness (QED) is 0.865. The summed E-state index contributed by atoms with van der Waals surface area (Å²) < 4.78 is 0. The molecule has 0 amide bonds. The smallest absolute Gasteiger partial charge is 0.224 e. The summed E-state index contributed by atoms with van der Waals surface area (Å²) in [7, 11) is 0. The summed E-state index contributed by atoms with van der Waals surface area (Å²) >= 11 is 5.81. The summed E-state index contributed by atoms with van der Waals surface area (Å²) in [6.07, 6.45) is 8.47. The van der Waals surface area contributed by atoms with Gasteiger partial charge in [-0.05, 0) is 62.4 Å². The van der Waals surface area contributed by atoms with E-state index in [1.807, 2.05) is 6.07 Å². The van der Waals surface area contributed by atoms with Crippen molar-refractivity contribution in [1.29, 1.82) is 0 Å². The third-order valence-corrected chi connectivity index (χ3v) is 4.58. The lowest BCUT2D eigenvalue weighted by Crippen LogP contribution is -2.49. The van der Waals surface area contributed by atoms with E-state index in [2.05, 4.69) is 20.2 Å². The van der Waals surface area contributed by atoms with Crippen molar-refractivity contribution in [2.45, 2.75) is 38.1 Å². The molecule has 2 atom stereocenters. The van der Waals surface area contributed by atoms with Gasteiger partial charge in [-0.2, -0.15) is 0 Å². The average molecular weight is 281 g/mol. The highest BCUT2D eigenvalue weighted by Crippen LogP contribution is 2.30. The van der Waals surface area contributed by atoms with Gasteiger partial charge >= 0.3 is 0 Å². The first-order valence-electron chi connectivity index (χ1n) is 7.29. The number of hydrogen-bond acceptors (Lipinski definition) is 4. The SMILES string of the molecule is Clc1nccc(NC[C@@H]2CCCN3CCCC[C@H]23)n1. The molecule has 3 rings (SSSR count). The Labute approximate surface area is 119 Å². The van der Waals surface area contributed by atoms with Gasteiger partial charge in [0.05, 0.1) is 0 Å². The topological polar surface area (TPSA) is 41.1 Å². The van der Waals surface area contributed by atoms with Gasteiger partial charge in [-0.3, -0.25) is 0 Å². The molecular weight excluding hydrogens is 260 g/mol. The predicted octanol–water partition coefficient (Wildman–Crippen LogP) is 2.81. The van der Waals surface area contributed by atoms with Crippen LogP contribution in [0.5, 0.6) is 0 Å². The van der Waals surface area contributed by atoms with Crippen molar-refractivity contribution < 1.29 is 0 Å². The number of anilines is 1. The van der Waals surface area contributed by atoms with Gasteiger partial charge in [0.2, 0.25) is 5.28 Å². The van der Waals surface area contributed by atoms with Crippen molar-refractivity contribution in [3.63, 3.8) is 0 Å². The first-order chi connectivity index (χ1) is 9.33. The fourth-order valence-corrected chi connectivity index (χ4v) is 3.63. The van der Waals surface area contributed by atoms with E-state index in [1.54, 1.807) is 6.20 Å². The zero-order chi connectivity index (χ0) is 13.1. The third kappa shape index (κ3) is 3.18. The summed E-state index contributed by atoms with van der Waals surface area (Å²) in [6, 6.07) is 2.65. The minimum absolute atomic E-state index is 0.313. The van der Waals surface area contributed by atoms with Gasteiger partial charge in [0.25, 0.3) is 0 Å². The number of aromatic nitrogens is 2. The average Bonchev–Trinajstić information content (AvgIpc) is 2.45.